The van der Waals surface area contributed by atoms with E-state index in [4.69, 9.17) is 0 Å². The summed E-state index contributed by atoms with van der Waals surface area (Å²) in [7, 11) is 0. The first kappa shape index (κ1) is 32.2. The Morgan fingerprint density at radius 3 is 1.62 bits per heavy atom. The van der Waals surface area contributed by atoms with E-state index in [2.05, 4.69) is 222 Å². The summed E-state index contributed by atoms with van der Waals surface area (Å²) in [5.74, 6) is 0.121. The van der Waals surface area contributed by atoms with Crippen molar-refractivity contribution in [2.75, 3.05) is 0 Å². The lowest BCUT2D eigenvalue weighted by Gasteiger charge is -2.34. The van der Waals surface area contributed by atoms with E-state index in [-0.39, 0.29) is 5.92 Å². The molecule has 0 aromatic heterocycles. The smallest absolute Gasteiger partial charge is 0.0622 e. The monoisotopic (exact) mass is 728 g/mol. The van der Waals surface area contributed by atoms with Gasteiger partial charge in [-0.25, -0.2) is 0 Å². The second-order valence-electron chi connectivity index (χ2n) is 13.7. The molecule has 52 heavy (non-hydrogen) atoms. The number of halogens is 1. The molecule has 0 fully saturated rings. The van der Waals surface area contributed by atoms with Crippen molar-refractivity contribution in [3.8, 4) is 33.4 Å². The van der Waals surface area contributed by atoms with Crippen molar-refractivity contribution in [1.82, 2.24) is 0 Å². The third-order valence-corrected chi connectivity index (χ3v) is 11.4. The molecular weight excluding hydrogens is 692 g/mol. The zero-order chi connectivity index (χ0) is 34.9. The Balaban J connectivity index is 1.26. The summed E-state index contributed by atoms with van der Waals surface area (Å²) >= 11 is 3.60. The molecule has 1 aliphatic carbocycles. The minimum absolute atomic E-state index is 0.121. The topological polar surface area (TPSA) is 0 Å². The lowest BCUT2D eigenvalue weighted by molar-refractivity contribution is 0.762. The number of rotatable bonds is 8. The average Bonchev–Trinajstić information content (AvgIpc) is 3.53. The Labute approximate surface area is 315 Å². The van der Waals surface area contributed by atoms with E-state index in [1.165, 1.54) is 72.3 Å². The first-order chi connectivity index (χ1) is 25.7. The van der Waals surface area contributed by atoms with Gasteiger partial charge in [-0.15, -0.1) is 0 Å². The number of hydrogen-bond acceptors (Lipinski definition) is 0. The van der Waals surface area contributed by atoms with Crippen molar-refractivity contribution < 1.29 is 0 Å². The van der Waals surface area contributed by atoms with Crippen molar-refractivity contribution >= 4 is 15.9 Å². The third-order valence-electron chi connectivity index (χ3n) is 10.9. The molecule has 0 radical (unpaired) electrons. The van der Waals surface area contributed by atoms with Gasteiger partial charge in [-0.05, 0) is 90.9 Å². The van der Waals surface area contributed by atoms with Gasteiger partial charge in [-0.3, -0.25) is 0 Å². The van der Waals surface area contributed by atoms with Crippen molar-refractivity contribution in [2.45, 2.75) is 17.8 Å². The molecule has 0 aliphatic heterocycles. The zero-order valence-corrected chi connectivity index (χ0v) is 30.4. The molecule has 248 valence electrons. The summed E-state index contributed by atoms with van der Waals surface area (Å²) < 4.78 is 1.09. The Morgan fingerprint density at radius 1 is 0.423 bits per heavy atom. The summed E-state index contributed by atoms with van der Waals surface area (Å²) in [6, 6.07) is 76.1. The predicted molar refractivity (Wildman–Crippen MR) is 221 cm³/mol. The number of hydrogen-bond donors (Lipinski definition) is 0. The van der Waals surface area contributed by atoms with Crippen LogP contribution in [0.1, 0.15) is 44.9 Å². The van der Waals surface area contributed by atoms with E-state index >= 15 is 0 Å². The van der Waals surface area contributed by atoms with E-state index < -0.39 is 5.41 Å². The van der Waals surface area contributed by atoms with Gasteiger partial charge in [0, 0.05) is 10.4 Å². The predicted octanol–water partition coefficient (Wildman–Crippen LogP) is 13.5. The van der Waals surface area contributed by atoms with Crippen LogP contribution in [0, 0.1) is 0 Å². The van der Waals surface area contributed by atoms with Gasteiger partial charge in [-0.2, -0.15) is 0 Å². The van der Waals surface area contributed by atoms with E-state index in [0.717, 1.165) is 10.9 Å². The SMILES string of the molecule is Brc1ccc(-c2ccc(C(Cc3cccc(-c4ccccc4)c3)c3cccc4c3-c3ccccc3C4(c3ccccc3)c3ccccc3)cc2)cc1. The molecule has 0 nitrogen and oxygen atoms in total. The lowest BCUT2D eigenvalue weighted by Crippen LogP contribution is -2.28. The maximum atomic E-state index is 3.60. The molecule has 1 atom stereocenters. The molecule has 0 saturated heterocycles. The zero-order valence-electron chi connectivity index (χ0n) is 28.8. The molecule has 0 amide bonds. The number of benzene rings is 8. The van der Waals surface area contributed by atoms with Crippen molar-refractivity contribution in [1.29, 1.82) is 0 Å². The second kappa shape index (κ2) is 13.8. The lowest BCUT2D eigenvalue weighted by atomic mass is 9.67. The molecule has 1 aliphatic rings. The Hall–Kier alpha value is -5.76. The molecule has 9 rings (SSSR count). The summed E-state index contributed by atoms with van der Waals surface area (Å²) in [6.07, 6.45) is 0.876. The van der Waals surface area contributed by atoms with Crippen molar-refractivity contribution in [3.05, 3.63) is 250 Å². The minimum Gasteiger partial charge on any atom is -0.0622 e. The molecule has 8 aromatic rings. The fourth-order valence-electron chi connectivity index (χ4n) is 8.51. The first-order valence-corrected chi connectivity index (χ1v) is 18.8. The van der Waals surface area contributed by atoms with Crippen LogP contribution < -0.4 is 0 Å². The van der Waals surface area contributed by atoms with Gasteiger partial charge in [0.2, 0.25) is 0 Å². The summed E-state index contributed by atoms with van der Waals surface area (Å²) in [6.45, 7) is 0. The molecule has 0 heterocycles. The molecule has 0 N–H and O–H groups in total. The van der Waals surface area contributed by atoms with Crippen LogP contribution in [0.5, 0.6) is 0 Å². The molecule has 1 unspecified atom stereocenters. The van der Waals surface area contributed by atoms with Gasteiger partial charge in [0.05, 0.1) is 5.41 Å². The van der Waals surface area contributed by atoms with E-state index in [1.807, 2.05) is 0 Å². The van der Waals surface area contributed by atoms with E-state index in [0.29, 0.717) is 0 Å². The van der Waals surface area contributed by atoms with Crippen LogP contribution in [0.3, 0.4) is 0 Å². The highest BCUT2D eigenvalue weighted by Crippen LogP contribution is 2.58. The fourth-order valence-corrected chi connectivity index (χ4v) is 8.78. The maximum Gasteiger partial charge on any atom is 0.0713 e. The molecule has 1 heteroatoms. The molecular formula is C51H37Br. The standard InChI is InChI=1S/C51H37Br/c52-44-32-30-39(31-33-44)38-26-28-40(29-27-38)47(35-36-14-12-17-41(34-36)37-15-4-1-5-16-37)45-23-13-25-49-50(45)46-22-10-11-24-48(46)51(49,42-18-6-2-7-19-42)43-20-8-3-9-21-43/h1-34,47H,35H2. The molecule has 0 spiro atoms. The van der Waals surface area contributed by atoms with Gasteiger partial charge in [0.25, 0.3) is 0 Å². The van der Waals surface area contributed by atoms with Gasteiger partial charge in [0.1, 0.15) is 0 Å². The average molecular weight is 730 g/mol. The normalized spacial score (nSPS) is 13.2. The first-order valence-electron chi connectivity index (χ1n) is 18.0. The summed E-state index contributed by atoms with van der Waals surface area (Å²) in [5, 5.41) is 0. The Morgan fingerprint density at radius 2 is 0.942 bits per heavy atom. The highest BCUT2D eigenvalue weighted by molar-refractivity contribution is 9.10. The van der Waals surface area contributed by atoms with Crippen molar-refractivity contribution in [2.24, 2.45) is 0 Å². The Kier molecular flexibility index (Phi) is 8.51. The number of fused-ring (bicyclic) bond motifs is 3. The second-order valence-corrected chi connectivity index (χ2v) is 14.7. The van der Waals surface area contributed by atoms with Crippen LogP contribution in [0.4, 0.5) is 0 Å². The van der Waals surface area contributed by atoms with Gasteiger partial charge >= 0.3 is 0 Å². The van der Waals surface area contributed by atoms with Crippen LogP contribution >= 0.6 is 15.9 Å². The van der Waals surface area contributed by atoms with Crippen LogP contribution in [0.25, 0.3) is 33.4 Å². The van der Waals surface area contributed by atoms with Gasteiger partial charge in [0.15, 0.2) is 0 Å². The van der Waals surface area contributed by atoms with Crippen LogP contribution in [0.15, 0.2) is 211 Å². The van der Waals surface area contributed by atoms with Crippen LogP contribution in [-0.2, 0) is 11.8 Å². The largest absolute Gasteiger partial charge is 0.0713 e. The van der Waals surface area contributed by atoms with Crippen molar-refractivity contribution in [3.63, 3.8) is 0 Å². The quantitative estimate of drug-likeness (QED) is 0.146. The molecule has 0 saturated carbocycles. The fraction of sp³-hybridized carbons (Fsp3) is 0.0588. The highest BCUT2D eigenvalue weighted by atomic mass is 79.9. The van der Waals surface area contributed by atoms with Crippen LogP contribution in [0.2, 0.25) is 0 Å². The van der Waals surface area contributed by atoms with Gasteiger partial charge in [-0.1, -0.05) is 210 Å². The van der Waals surface area contributed by atoms with E-state index in [1.54, 1.807) is 0 Å². The third kappa shape index (κ3) is 5.63. The summed E-state index contributed by atoms with van der Waals surface area (Å²) in [4.78, 5) is 0. The van der Waals surface area contributed by atoms with Gasteiger partial charge < -0.3 is 0 Å². The highest BCUT2D eigenvalue weighted by Gasteiger charge is 2.47. The minimum atomic E-state index is -0.437. The Bertz CT molecular complexity index is 2420. The van der Waals surface area contributed by atoms with E-state index in [9.17, 15) is 0 Å². The molecule has 8 aromatic carbocycles. The summed E-state index contributed by atoms with van der Waals surface area (Å²) in [5.41, 5.74) is 16.4. The molecule has 0 bridgehead atoms. The maximum absolute atomic E-state index is 3.60. The van der Waals surface area contributed by atoms with Crippen LogP contribution in [-0.4, -0.2) is 0 Å².